The van der Waals surface area contributed by atoms with E-state index in [1.54, 1.807) is 19.1 Å². The summed E-state index contributed by atoms with van der Waals surface area (Å²) in [4.78, 5) is 12.9. The molecule has 2 aromatic rings. The maximum atomic E-state index is 13.0. The molecule has 0 heterocycles. The van der Waals surface area contributed by atoms with Crippen LogP contribution in [0.2, 0.25) is 0 Å². The van der Waals surface area contributed by atoms with Crippen molar-refractivity contribution in [1.82, 2.24) is 10.0 Å². The topological polar surface area (TPSA) is 84.5 Å². The quantitative estimate of drug-likeness (QED) is 0.502. The van der Waals surface area contributed by atoms with Crippen LogP contribution in [-0.2, 0) is 21.2 Å². The van der Waals surface area contributed by atoms with E-state index in [0.29, 0.717) is 18.9 Å². The molecule has 0 fully saturated rings. The lowest BCUT2D eigenvalue weighted by Crippen LogP contribution is -2.48. The number of rotatable bonds is 12. The minimum Gasteiger partial charge on any atom is -0.494 e. The first-order chi connectivity index (χ1) is 14.4. The van der Waals surface area contributed by atoms with Crippen LogP contribution >= 0.6 is 0 Å². The fraction of sp³-hybridized carbons (Fsp3) is 0.435. The summed E-state index contributed by atoms with van der Waals surface area (Å²) in [6.45, 7) is 6.79. The van der Waals surface area contributed by atoms with Crippen LogP contribution in [0.25, 0.3) is 0 Å². The predicted octanol–water partition coefficient (Wildman–Crippen LogP) is 3.59. The molecule has 0 saturated carbocycles. The average Bonchev–Trinajstić information content (AvgIpc) is 2.72. The standard InChI is InChI=1S/C23H32N2O4S/c1-4-6-10-15-24-23(26)21(17-19-11-8-7-9-12-19)25-30(27,28)20-13-14-22(29-5-2)18(3)16-20/h7-9,11-14,16,21,25H,4-6,10,15,17H2,1-3H3,(H,24,26)/t21-/m0/s1. The summed E-state index contributed by atoms with van der Waals surface area (Å²) in [6.07, 6.45) is 3.20. The molecule has 0 unspecified atom stereocenters. The second kappa shape index (κ2) is 11.7. The van der Waals surface area contributed by atoms with E-state index >= 15 is 0 Å². The van der Waals surface area contributed by atoms with E-state index in [4.69, 9.17) is 4.74 Å². The zero-order valence-electron chi connectivity index (χ0n) is 18.0. The van der Waals surface area contributed by atoms with Crippen LogP contribution in [0.15, 0.2) is 53.4 Å². The summed E-state index contributed by atoms with van der Waals surface area (Å²) in [5.74, 6) is 0.326. The average molecular weight is 433 g/mol. The van der Waals surface area contributed by atoms with Gasteiger partial charge in [0.2, 0.25) is 15.9 Å². The van der Waals surface area contributed by atoms with Crippen molar-refractivity contribution in [2.45, 2.75) is 57.4 Å². The van der Waals surface area contributed by atoms with Crippen molar-refractivity contribution in [2.75, 3.05) is 13.2 Å². The number of hydrogen-bond donors (Lipinski definition) is 2. The number of ether oxygens (including phenoxy) is 1. The first kappa shape index (κ1) is 23.9. The molecular weight excluding hydrogens is 400 g/mol. The van der Waals surface area contributed by atoms with Gasteiger partial charge in [0.1, 0.15) is 11.8 Å². The Kier molecular flexibility index (Phi) is 9.33. The van der Waals surface area contributed by atoms with Crippen LogP contribution in [0.3, 0.4) is 0 Å². The first-order valence-corrected chi connectivity index (χ1v) is 11.9. The molecule has 0 aliphatic heterocycles. The second-order valence-corrected chi connectivity index (χ2v) is 8.94. The molecule has 2 N–H and O–H groups in total. The molecule has 0 spiro atoms. The van der Waals surface area contributed by atoms with Gasteiger partial charge in [-0.2, -0.15) is 4.72 Å². The molecule has 1 amide bonds. The van der Waals surface area contributed by atoms with Gasteiger partial charge in [0.05, 0.1) is 11.5 Å². The summed E-state index contributed by atoms with van der Waals surface area (Å²) < 4.78 is 34.1. The van der Waals surface area contributed by atoms with E-state index in [1.807, 2.05) is 37.3 Å². The Bertz CT molecular complexity index is 914. The molecule has 0 saturated heterocycles. The van der Waals surface area contributed by atoms with E-state index in [9.17, 15) is 13.2 Å². The Balaban J connectivity index is 2.20. The summed E-state index contributed by atoms with van der Waals surface area (Å²) in [7, 11) is -3.88. The number of sulfonamides is 1. The predicted molar refractivity (Wildman–Crippen MR) is 119 cm³/mol. The van der Waals surface area contributed by atoms with Gasteiger partial charge in [-0.05, 0) is 56.0 Å². The van der Waals surface area contributed by atoms with E-state index in [1.165, 1.54) is 6.07 Å². The molecular formula is C23H32N2O4S. The smallest absolute Gasteiger partial charge is 0.241 e. The highest BCUT2D eigenvalue weighted by Gasteiger charge is 2.26. The number of carbonyl (C=O) groups excluding carboxylic acids is 1. The van der Waals surface area contributed by atoms with E-state index < -0.39 is 16.1 Å². The monoisotopic (exact) mass is 432 g/mol. The van der Waals surface area contributed by atoms with Crippen molar-refractivity contribution >= 4 is 15.9 Å². The molecule has 0 aliphatic rings. The fourth-order valence-electron chi connectivity index (χ4n) is 3.11. The van der Waals surface area contributed by atoms with Crippen LogP contribution < -0.4 is 14.8 Å². The highest BCUT2D eigenvalue weighted by Crippen LogP contribution is 2.22. The SMILES string of the molecule is CCCCCNC(=O)[C@H](Cc1ccccc1)NS(=O)(=O)c1ccc(OCC)c(C)c1. The van der Waals surface area contributed by atoms with E-state index in [-0.39, 0.29) is 17.2 Å². The summed E-state index contributed by atoms with van der Waals surface area (Å²) in [5, 5.41) is 2.86. The molecule has 30 heavy (non-hydrogen) atoms. The van der Waals surface area contributed by atoms with Gasteiger partial charge in [-0.15, -0.1) is 0 Å². The van der Waals surface area contributed by atoms with Crippen molar-refractivity contribution in [3.63, 3.8) is 0 Å². The zero-order chi connectivity index (χ0) is 22.0. The number of amides is 1. The Morgan fingerprint density at radius 3 is 2.43 bits per heavy atom. The lowest BCUT2D eigenvalue weighted by Gasteiger charge is -2.19. The van der Waals surface area contributed by atoms with Gasteiger partial charge in [0.15, 0.2) is 0 Å². The van der Waals surface area contributed by atoms with Gasteiger partial charge >= 0.3 is 0 Å². The lowest BCUT2D eigenvalue weighted by atomic mass is 10.1. The van der Waals surface area contributed by atoms with Crippen LogP contribution in [-0.4, -0.2) is 33.5 Å². The third-order valence-electron chi connectivity index (χ3n) is 4.73. The largest absolute Gasteiger partial charge is 0.494 e. The summed E-state index contributed by atoms with van der Waals surface area (Å²) in [5.41, 5.74) is 1.61. The van der Waals surface area contributed by atoms with Crippen molar-refractivity contribution in [2.24, 2.45) is 0 Å². The lowest BCUT2D eigenvalue weighted by molar-refractivity contribution is -0.122. The van der Waals surface area contributed by atoms with E-state index in [0.717, 1.165) is 30.4 Å². The molecule has 2 aromatic carbocycles. The second-order valence-electron chi connectivity index (χ2n) is 7.22. The summed E-state index contributed by atoms with van der Waals surface area (Å²) >= 11 is 0. The van der Waals surface area contributed by atoms with Crippen molar-refractivity contribution in [3.05, 3.63) is 59.7 Å². The van der Waals surface area contributed by atoms with Crippen molar-refractivity contribution in [1.29, 1.82) is 0 Å². The van der Waals surface area contributed by atoms with Crippen LogP contribution in [0.1, 0.15) is 44.2 Å². The number of carbonyl (C=O) groups is 1. The number of unbranched alkanes of at least 4 members (excludes halogenated alkanes) is 2. The van der Waals surface area contributed by atoms with E-state index in [2.05, 4.69) is 17.0 Å². The van der Waals surface area contributed by atoms with Crippen molar-refractivity contribution in [3.8, 4) is 5.75 Å². The molecule has 7 heteroatoms. The van der Waals surface area contributed by atoms with Gasteiger partial charge in [-0.25, -0.2) is 8.42 Å². The molecule has 1 atom stereocenters. The van der Waals surface area contributed by atoms with Gasteiger partial charge in [-0.3, -0.25) is 4.79 Å². The van der Waals surface area contributed by atoms with Crippen LogP contribution in [0.4, 0.5) is 0 Å². The molecule has 0 radical (unpaired) electrons. The number of aryl methyl sites for hydroxylation is 1. The molecule has 2 rings (SSSR count). The molecule has 164 valence electrons. The number of benzene rings is 2. The van der Waals surface area contributed by atoms with Gasteiger partial charge in [0, 0.05) is 6.54 Å². The first-order valence-electron chi connectivity index (χ1n) is 10.4. The molecule has 0 aliphatic carbocycles. The Labute approximate surface area is 180 Å². The number of hydrogen-bond acceptors (Lipinski definition) is 4. The molecule has 0 bridgehead atoms. The van der Waals surface area contributed by atoms with Crippen LogP contribution in [0.5, 0.6) is 5.75 Å². The minimum absolute atomic E-state index is 0.111. The number of nitrogens with one attached hydrogen (secondary N) is 2. The van der Waals surface area contributed by atoms with Gasteiger partial charge in [-0.1, -0.05) is 50.1 Å². The zero-order valence-corrected chi connectivity index (χ0v) is 18.8. The van der Waals surface area contributed by atoms with Crippen molar-refractivity contribution < 1.29 is 17.9 Å². The molecule has 0 aromatic heterocycles. The molecule has 6 nitrogen and oxygen atoms in total. The maximum Gasteiger partial charge on any atom is 0.241 e. The maximum absolute atomic E-state index is 13.0. The Morgan fingerprint density at radius 1 is 1.07 bits per heavy atom. The van der Waals surface area contributed by atoms with Crippen LogP contribution in [0, 0.1) is 6.92 Å². The Morgan fingerprint density at radius 2 is 1.80 bits per heavy atom. The highest BCUT2D eigenvalue weighted by molar-refractivity contribution is 7.89. The third kappa shape index (κ3) is 7.15. The van der Waals surface area contributed by atoms with Gasteiger partial charge < -0.3 is 10.1 Å². The third-order valence-corrected chi connectivity index (χ3v) is 6.20. The summed E-state index contributed by atoms with van der Waals surface area (Å²) in [6, 6.07) is 13.2. The van der Waals surface area contributed by atoms with Gasteiger partial charge in [0.25, 0.3) is 0 Å². The highest BCUT2D eigenvalue weighted by atomic mass is 32.2. The fourth-order valence-corrected chi connectivity index (χ4v) is 4.39. The minimum atomic E-state index is -3.88. The Hall–Kier alpha value is -2.38. The normalized spacial score (nSPS) is 12.4.